The molecule has 92 valence electrons. The maximum atomic E-state index is 9.21. The molecule has 1 heterocycles. The van der Waals surface area contributed by atoms with E-state index in [1.54, 1.807) is 11.8 Å². The predicted molar refractivity (Wildman–Crippen MR) is 66.9 cm³/mol. The summed E-state index contributed by atoms with van der Waals surface area (Å²) in [6, 6.07) is 0. The lowest BCUT2D eigenvalue weighted by atomic mass is 10.4. The molecule has 0 fully saturated rings. The molecule has 0 bridgehead atoms. The van der Waals surface area contributed by atoms with Crippen LogP contribution in [0.5, 0.6) is 0 Å². The van der Waals surface area contributed by atoms with E-state index in [2.05, 4.69) is 5.10 Å². The van der Waals surface area contributed by atoms with Crippen molar-refractivity contribution in [2.45, 2.75) is 32.2 Å². The van der Waals surface area contributed by atoms with E-state index in [9.17, 15) is 5.11 Å². The molecule has 0 amide bonds. The summed E-state index contributed by atoms with van der Waals surface area (Å²) in [6.07, 6.45) is -0.664. The lowest BCUT2D eigenvalue weighted by Gasteiger charge is -2.08. The van der Waals surface area contributed by atoms with Crippen LogP contribution in [0.1, 0.15) is 18.3 Å². The Hall–Kier alpha value is -0.230. The van der Waals surface area contributed by atoms with Gasteiger partial charge in [-0.25, -0.2) is 0 Å². The van der Waals surface area contributed by atoms with E-state index in [1.165, 1.54) is 0 Å². The highest BCUT2D eigenvalue weighted by Gasteiger charge is 2.12. The van der Waals surface area contributed by atoms with Gasteiger partial charge in [-0.2, -0.15) is 16.9 Å². The van der Waals surface area contributed by atoms with Crippen LogP contribution in [0.4, 0.5) is 0 Å². The summed E-state index contributed by atoms with van der Waals surface area (Å²) >= 11 is 7.67. The Kier molecular flexibility index (Phi) is 5.61. The van der Waals surface area contributed by atoms with Gasteiger partial charge in [-0.05, 0) is 13.8 Å². The molecule has 0 saturated heterocycles. The van der Waals surface area contributed by atoms with E-state index in [-0.39, 0.29) is 6.61 Å². The second-order valence-corrected chi connectivity index (χ2v) is 4.92. The first kappa shape index (κ1) is 13.8. The van der Waals surface area contributed by atoms with Gasteiger partial charge >= 0.3 is 0 Å². The molecule has 0 aliphatic heterocycles. The van der Waals surface area contributed by atoms with Gasteiger partial charge in [-0.15, -0.1) is 0 Å². The fraction of sp³-hybridized carbons (Fsp3) is 0.700. The zero-order valence-electron chi connectivity index (χ0n) is 9.48. The summed E-state index contributed by atoms with van der Waals surface area (Å²) in [6.45, 7) is 4.48. The number of aryl methyl sites for hydroxylation is 2. The first-order valence-corrected chi connectivity index (χ1v) is 6.71. The Morgan fingerprint density at radius 2 is 2.25 bits per heavy atom. The molecule has 0 aliphatic carbocycles. The topological polar surface area (TPSA) is 58.3 Å². The number of hydrogen-bond acceptors (Lipinski definition) is 4. The van der Waals surface area contributed by atoms with Crippen LogP contribution >= 0.6 is 23.4 Å². The monoisotopic (exact) mass is 264 g/mol. The van der Waals surface area contributed by atoms with Crippen LogP contribution in [-0.2, 0) is 12.3 Å². The Morgan fingerprint density at radius 3 is 2.81 bits per heavy atom. The van der Waals surface area contributed by atoms with Crippen molar-refractivity contribution >= 4 is 23.4 Å². The van der Waals surface area contributed by atoms with Crippen LogP contribution in [-0.4, -0.2) is 38.5 Å². The van der Waals surface area contributed by atoms with E-state index in [4.69, 9.17) is 16.7 Å². The molecule has 0 saturated carbocycles. The predicted octanol–water partition coefficient (Wildman–Crippen LogP) is 1.45. The van der Waals surface area contributed by atoms with Crippen molar-refractivity contribution in [3.63, 3.8) is 0 Å². The largest absolute Gasteiger partial charge is 0.394 e. The molecule has 1 aromatic heterocycles. The van der Waals surface area contributed by atoms with Crippen LogP contribution in [0.2, 0.25) is 5.02 Å². The summed E-state index contributed by atoms with van der Waals surface area (Å²) in [5.74, 6) is 1.20. The molecular formula is C10H17ClN2O2S. The third-order valence-electron chi connectivity index (χ3n) is 2.21. The lowest BCUT2D eigenvalue weighted by molar-refractivity contribution is 0.113. The molecule has 1 atom stereocenters. The van der Waals surface area contributed by atoms with Crippen LogP contribution in [0, 0.1) is 6.92 Å². The zero-order valence-corrected chi connectivity index (χ0v) is 11.1. The van der Waals surface area contributed by atoms with Crippen LogP contribution in [0.15, 0.2) is 0 Å². The van der Waals surface area contributed by atoms with Gasteiger partial charge in [0.05, 0.1) is 29.1 Å². The third kappa shape index (κ3) is 3.38. The van der Waals surface area contributed by atoms with E-state index in [0.717, 1.165) is 17.9 Å². The smallest absolute Gasteiger partial charge is 0.0861 e. The fourth-order valence-corrected chi connectivity index (χ4v) is 2.61. The molecular weight excluding hydrogens is 248 g/mol. The Labute approximate surface area is 105 Å². The number of halogens is 1. The van der Waals surface area contributed by atoms with Crippen molar-refractivity contribution in [1.29, 1.82) is 0 Å². The molecule has 4 nitrogen and oxygen atoms in total. The quantitative estimate of drug-likeness (QED) is 0.817. The number of rotatable bonds is 6. The van der Waals surface area contributed by atoms with Gasteiger partial charge in [0.15, 0.2) is 0 Å². The first-order valence-electron chi connectivity index (χ1n) is 5.18. The van der Waals surface area contributed by atoms with Gasteiger partial charge in [0.1, 0.15) is 0 Å². The minimum atomic E-state index is -0.664. The zero-order chi connectivity index (χ0) is 12.1. The van der Waals surface area contributed by atoms with Gasteiger partial charge in [-0.1, -0.05) is 11.6 Å². The number of aliphatic hydroxyl groups excluding tert-OH is 2. The Morgan fingerprint density at radius 1 is 1.56 bits per heavy atom. The normalized spacial score (nSPS) is 13.1. The maximum Gasteiger partial charge on any atom is 0.0861 e. The summed E-state index contributed by atoms with van der Waals surface area (Å²) in [5.41, 5.74) is 1.82. The van der Waals surface area contributed by atoms with Gasteiger partial charge in [0.25, 0.3) is 0 Å². The van der Waals surface area contributed by atoms with Crippen LogP contribution in [0.3, 0.4) is 0 Å². The highest BCUT2D eigenvalue weighted by Crippen LogP contribution is 2.24. The number of aromatic nitrogens is 2. The van der Waals surface area contributed by atoms with Gasteiger partial charge in [0, 0.05) is 18.1 Å². The Balaban J connectivity index is 2.59. The standard InChI is InChI=1S/C10H17ClN2O2S/c1-3-13-9(10(11)7(2)12-13)6-16-5-8(15)4-14/h8,14-15H,3-6H2,1-2H3. The highest BCUT2D eigenvalue weighted by molar-refractivity contribution is 7.98. The average Bonchev–Trinajstić information content (AvgIpc) is 2.56. The lowest BCUT2D eigenvalue weighted by Crippen LogP contribution is -2.15. The number of hydrogen-bond donors (Lipinski definition) is 2. The van der Waals surface area contributed by atoms with Crippen LogP contribution in [0.25, 0.3) is 0 Å². The summed E-state index contributed by atoms with van der Waals surface area (Å²) < 4.78 is 1.87. The highest BCUT2D eigenvalue weighted by atomic mass is 35.5. The molecule has 6 heteroatoms. The van der Waals surface area contributed by atoms with Crippen molar-refractivity contribution in [3.05, 3.63) is 16.4 Å². The molecule has 0 radical (unpaired) electrons. The number of aliphatic hydroxyl groups is 2. The van der Waals surface area contributed by atoms with Crippen molar-refractivity contribution in [3.8, 4) is 0 Å². The number of thioether (sulfide) groups is 1. The summed E-state index contributed by atoms with van der Waals surface area (Å²) in [7, 11) is 0. The summed E-state index contributed by atoms with van der Waals surface area (Å²) in [4.78, 5) is 0. The van der Waals surface area contributed by atoms with Gasteiger partial charge in [-0.3, -0.25) is 4.68 Å². The molecule has 16 heavy (non-hydrogen) atoms. The average molecular weight is 265 g/mol. The minimum absolute atomic E-state index is 0.202. The maximum absolute atomic E-state index is 9.21. The molecule has 2 N–H and O–H groups in total. The minimum Gasteiger partial charge on any atom is -0.394 e. The van der Waals surface area contributed by atoms with Gasteiger partial charge < -0.3 is 10.2 Å². The van der Waals surface area contributed by atoms with E-state index < -0.39 is 6.10 Å². The molecule has 0 aromatic carbocycles. The SMILES string of the molecule is CCn1nc(C)c(Cl)c1CSCC(O)CO. The molecule has 0 spiro atoms. The van der Waals surface area contributed by atoms with Crippen LogP contribution < -0.4 is 0 Å². The van der Waals surface area contributed by atoms with Crippen molar-refractivity contribution in [2.24, 2.45) is 0 Å². The first-order chi connectivity index (χ1) is 7.60. The molecule has 0 aliphatic rings. The van der Waals surface area contributed by atoms with Crippen molar-refractivity contribution in [1.82, 2.24) is 9.78 Å². The Bertz CT molecular complexity index is 344. The number of nitrogens with zero attached hydrogens (tertiary/aromatic N) is 2. The van der Waals surface area contributed by atoms with E-state index in [1.807, 2.05) is 18.5 Å². The van der Waals surface area contributed by atoms with Crippen molar-refractivity contribution in [2.75, 3.05) is 12.4 Å². The second kappa shape index (κ2) is 6.49. The molecule has 1 rings (SSSR count). The molecule has 1 aromatic rings. The fourth-order valence-electron chi connectivity index (χ4n) is 1.35. The summed E-state index contributed by atoms with van der Waals surface area (Å²) in [5, 5.41) is 22.9. The van der Waals surface area contributed by atoms with E-state index in [0.29, 0.717) is 16.5 Å². The second-order valence-electron chi connectivity index (χ2n) is 3.51. The molecule has 1 unspecified atom stereocenters. The van der Waals surface area contributed by atoms with Gasteiger partial charge in [0.2, 0.25) is 0 Å². The van der Waals surface area contributed by atoms with Crippen molar-refractivity contribution < 1.29 is 10.2 Å². The van der Waals surface area contributed by atoms with E-state index >= 15 is 0 Å². The third-order valence-corrected chi connectivity index (χ3v) is 3.80.